The van der Waals surface area contributed by atoms with Crippen LogP contribution >= 0.6 is 0 Å². The van der Waals surface area contributed by atoms with Crippen LogP contribution in [0, 0.1) is 6.92 Å². The molecule has 1 saturated heterocycles. The Morgan fingerprint density at radius 3 is 2.44 bits per heavy atom. The first kappa shape index (κ1) is 13.5. The smallest absolute Gasteiger partial charge is 0.0938 e. The molecule has 1 heterocycles. The highest BCUT2D eigenvalue weighted by molar-refractivity contribution is 5.27. The predicted molar refractivity (Wildman–Crippen MR) is 69.2 cm³/mol. The minimum atomic E-state index is -0.652. The maximum Gasteiger partial charge on any atom is 0.0938 e. The number of rotatable bonds is 4. The van der Waals surface area contributed by atoms with Gasteiger partial charge >= 0.3 is 0 Å². The number of β-amino-alcohol motifs (C(OH)–C–C–N with tert-alkyl or cyclic N) is 2. The summed E-state index contributed by atoms with van der Waals surface area (Å²) < 4.78 is 0. The van der Waals surface area contributed by atoms with Crippen LogP contribution in [0.1, 0.15) is 23.7 Å². The third-order valence-corrected chi connectivity index (χ3v) is 3.60. The van der Waals surface area contributed by atoms with Crippen molar-refractivity contribution < 1.29 is 15.3 Å². The third kappa shape index (κ3) is 3.09. The Balaban J connectivity index is 1.86. The molecule has 0 radical (unpaired) electrons. The molecule has 0 amide bonds. The van der Waals surface area contributed by atoms with Crippen molar-refractivity contribution in [3.05, 3.63) is 35.4 Å². The van der Waals surface area contributed by atoms with Gasteiger partial charge in [0.1, 0.15) is 0 Å². The molecule has 0 aromatic heterocycles. The van der Waals surface area contributed by atoms with Crippen molar-refractivity contribution in [1.82, 2.24) is 4.90 Å². The number of aliphatic hydroxyl groups is 3. The molecule has 3 atom stereocenters. The van der Waals surface area contributed by atoms with Crippen LogP contribution in [0.4, 0.5) is 0 Å². The average molecular weight is 251 g/mol. The first-order valence-electron chi connectivity index (χ1n) is 6.40. The van der Waals surface area contributed by atoms with Gasteiger partial charge in [-0.25, -0.2) is 0 Å². The van der Waals surface area contributed by atoms with E-state index in [2.05, 4.69) is 0 Å². The molecular formula is C14H21NO3. The molecular weight excluding hydrogens is 230 g/mol. The van der Waals surface area contributed by atoms with E-state index in [0.717, 1.165) is 11.1 Å². The van der Waals surface area contributed by atoms with Crippen LogP contribution in [-0.4, -0.2) is 52.1 Å². The van der Waals surface area contributed by atoms with Gasteiger partial charge in [-0.3, -0.25) is 4.90 Å². The van der Waals surface area contributed by atoms with Crippen molar-refractivity contribution in [3.8, 4) is 0 Å². The molecule has 4 nitrogen and oxygen atoms in total. The molecule has 1 aliphatic rings. The molecule has 3 N–H and O–H groups in total. The standard InChI is InChI=1S/C14H21NO3/c1-10-4-2-3-5-11(10)12(16)6-7-15-8-13(17)14(18)9-15/h2-5,12-14,16-18H,6-9H2,1H3. The number of hydrogen-bond donors (Lipinski definition) is 3. The maximum atomic E-state index is 10.1. The molecule has 2 rings (SSSR count). The van der Waals surface area contributed by atoms with Crippen LogP contribution in [0.5, 0.6) is 0 Å². The van der Waals surface area contributed by atoms with E-state index in [0.29, 0.717) is 26.1 Å². The summed E-state index contributed by atoms with van der Waals surface area (Å²) in [5, 5.41) is 29.0. The van der Waals surface area contributed by atoms with Crippen molar-refractivity contribution in [2.45, 2.75) is 31.7 Å². The van der Waals surface area contributed by atoms with Crippen LogP contribution in [0.25, 0.3) is 0 Å². The fourth-order valence-corrected chi connectivity index (χ4v) is 2.45. The summed E-state index contributed by atoms with van der Waals surface area (Å²) in [6.07, 6.45) is -1.17. The molecule has 3 unspecified atom stereocenters. The molecule has 1 aromatic rings. The lowest BCUT2D eigenvalue weighted by Crippen LogP contribution is -2.24. The molecule has 18 heavy (non-hydrogen) atoms. The lowest BCUT2D eigenvalue weighted by Gasteiger charge is -2.18. The highest BCUT2D eigenvalue weighted by Crippen LogP contribution is 2.21. The number of hydrogen-bond acceptors (Lipinski definition) is 4. The summed E-state index contributed by atoms with van der Waals surface area (Å²) in [5.41, 5.74) is 2.05. The lowest BCUT2D eigenvalue weighted by molar-refractivity contribution is 0.0572. The van der Waals surface area contributed by atoms with Gasteiger partial charge < -0.3 is 15.3 Å². The summed E-state index contributed by atoms with van der Waals surface area (Å²) in [5.74, 6) is 0. The number of nitrogens with zero attached hydrogens (tertiary/aromatic N) is 1. The van der Waals surface area contributed by atoms with E-state index in [4.69, 9.17) is 0 Å². The van der Waals surface area contributed by atoms with Gasteiger partial charge in [-0.2, -0.15) is 0 Å². The molecule has 0 bridgehead atoms. The van der Waals surface area contributed by atoms with Crippen molar-refractivity contribution in [3.63, 3.8) is 0 Å². The summed E-state index contributed by atoms with van der Waals surface area (Å²) in [7, 11) is 0. The van der Waals surface area contributed by atoms with E-state index in [1.54, 1.807) is 0 Å². The zero-order valence-electron chi connectivity index (χ0n) is 10.7. The minimum absolute atomic E-state index is 0.485. The third-order valence-electron chi connectivity index (χ3n) is 3.60. The first-order chi connectivity index (χ1) is 8.58. The van der Waals surface area contributed by atoms with Gasteiger partial charge in [0, 0.05) is 19.6 Å². The first-order valence-corrected chi connectivity index (χ1v) is 6.40. The van der Waals surface area contributed by atoms with E-state index in [-0.39, 0.29) is 0 Å². The van der Waals surface area contributed by atoms with Crippen LogP contribution in [0.2, 0.25) is 0 Å². The van der Waals surface area contributed by atoms with E-state index in [1.807, 2.05) is 36.1 Å². The Morgan fingerprint density at radius 1 is 1.22 bits per heavy atom. The van der Waals surface area contributed by atoms with Gasteiger partial charge in [0.2, 0.25) is 0 Å². The van der Waals surface area contributed by atoms with Crippen LogP contribution < -0.4 is 0 Å². The SMILES string of the molecule is Cc1ccccc1C(O)CCN1CC(O)C(O)C1. The molecule has 1 aromatic carbocycles. The molecule has 0 spiro atoms. The Hall–Kier alpha value is -0.940. The Morgan fingerprint density at radius 2 is 1.83 bits per heavy atom. The van der Waals surface area contributed by atoms with Crippen molar-refractivity contribution in [1.29, 1.82) is 0 Å². The van der Waals surface area contributed by atoms with E-state index in [1.165, 1.54) is 0 Å². The fourth-order valence-electron chi connectivity index (χ4n) is 2.45. The van der Waals surface area contributed by atoms with Gasteiger partial charge in [0.05, 0.1) is 18.3 Å². The Labute approximate surface area is 107 Å². The van der Waals surface area contributed by atoms with Crippen LogP contribution in [0.3, 0.4) is 0 Å². The summed E-state index contributed by atoms with van der Waals surface area (Å²) in [6, 6.07) is 7.81. The summed E-state index contributed by atoms with van der Waals surface area (Å²) in [6.45, 7) is 3.65. The minimum Gasteiger partial charge on any atom is -0.389 e. The molecule has 1 aliphatic heterocycles. The van der Waals surface area contributed by atoms with Gasteiger partial charge in [0.25, 0.3) is 0 Å². The highest BCUT2D eigenvalue weighted by Gasteiger charge is 2.29. The second kappa shape index (κ2) is 5.80. The summed E-state index contributed by atoms with van der Waals surface area (Å²) in [4.78, 5) is 1.98. The topological polar surface area (TPSA) is 63.9 Å². The maximum absolute atomic E-state index is 10.1. The largest absolute Gasteiger partial charge is 0.389 e. The number of likely N-dealkylation sites (tertiary alicyclic amines) is 1. The Kier molecular flexibility index (Phi) is 4.35. The predicted octanol–water partition coefficient (Wildman–Crippen LogP) is 0.456. The number of aliphatic hydroxyl groups excluding tert-OH is 3. The lowest BCUT2D eigenvalue weighted by atomic mass is 10.0. The number of aryl methyl sites for hydroxylation is 1. The molecule has 100 valence electrons. The normalized spacial score (nSPS) is 26.4. The fraction of sp³-hybridized carbons (Fsp3) is 0.571. The number of benzene rings is 1. The zero-order chi connectivity index (χ0) is 13.1. The van der Waals surface area contributed by atoms with E-state index >= 15 is 0 Å². The van der Waals surface area contributed by atoms with Gasteiger partial charge in [-0.05, 0) is 24.5 Å². The quantitative estimate of drug-likeness (QED) is 0.727. The van der Waals surface area contributed by atoms with E-state index < -0.39 is 18.3 Å². The van der Waals surface area contributed by atoms with Gasteiger partial charge in [-0.15, -0.1) is 0 Å². The van der Waals surface area contributed by atoms with Crippen molar-refractivity contribution in [2.24, 2.45) is 0 Å². The second-order valence-corrected chi connectivity index (χ2v) is 5.06. The zero-order valence-corrected chi connectivity index (χ0v) is 10.7. The molecule has 1 fully saturated rings. The Bertz CT molecular complexity index is 386. The van der Waals surface area contributed by atoms with Crippen LogP contribution in [0.15, 0.2) is 24.3 Å². The van der Waals surface area contributed by atoms with Gasteiger partial charge in [-0.1, -0.05) is 24.3 Å². The highest BCUT2D eigenvalue weighted by atomic mass is 16.3. The summed E-state index contributed by atoms with van der Waals surface area (Å²) >= 11 is 0. The molecule has 4 heteroatoms. The average Bonchev–Trinajstić information content (AvgIpc) is 2.66. The van der Waals surface area contributed by atoms with Crippen LogP contribution in [-0.2, 0) is 0 Å². The van der Waals surface area contributed by atoms with E-state index in [9.17, 15) is 15.3 Å². The monoisotopic (exact) mass is 251 g/mol. The molecule has 0 saturated carbocycles. The second-order valence-electron chi connectivity index (χ2n) is 5.06. The van der Waals surface area contributed by atoms with Crippen molar-refractivity contribution >= 4 is 0 Å². The molecule has 0 aliphatic carbocycles. The van der Waals surface area contributed by atoms with Crippen molar-refractivity contribution in [2.75, 3.05) is 19.6 Å². The van der Waals surface area contributed by atoms with Gasteiger partial charge in [0.15, 0.2) is 0 Å².